The molecule has 1 aliphatic rings. The SMILES string of the molecule is Cc1ccc(C(=O)N(Cc2cccc(OCC3CCOC3)c2)Cc2ccccn2)cc1. The molecule has 1 atom stereocenters. The summed E-state index contributed by atoms with van der Waals surface area (Å²) in [4.78, 5) is 19.5. The van der Waals surface area contributed by atoms with E-state index in [4.69, 9.17) is 9.47 Å². The molecule has 31 heavy (non-hydrogen) atoms. The zero-order chi connectivity index (χ0) is 21.5. The Morgan fingerprint density at radius 1 is 1.10 bits per heavy atom. The van der Waals surface area contributed by atoms with Crippen molar-refractivity contribution in [1.29, 1.82) is 0 Å². The molecule has 5 heteroatoms. The third-order valence-corrected chi connectivity index (χ3v) is 5.45. The quantitative estimate of drug-likeness (QED) is 0.536. The molecule has 2 heterocycles. The number of hydrogen-bond acceptors (Lipinski definition) is 4. The maximum atomic E-state index is 13.3. The van der Waals surface area contributed by atoms with Gasteiger partial charge in [0.1, 0.15) is 5.75 Å². The van der Waals surface area contributed by atoms with Crippen LogP contribution < -0.4 is 4.74 Å². The number of nitrogens with zero attached hydrogens (tertiary/aromatic N) is 2. The molecule has 0 bridgehead atoms. The van der Waals surface area contributed by atoms with Crippen LogP contribution in [0.2, 0.25) is 0 Å². The minimum Gasteiger partial charge on any atom is -0.493 e. The lowest BCUT2D eigenvalue weighted by Crippen LogP contribution is -2.30. The van der Waals surface area contributed by atoms with Gasteiger partial charge in [-0.05, 0) is 55.3 Å². The normalized spacial score (nSPS) is 15.6. The van der Waals surface area contributed by atoms with Crippen molar-refractivity contribution in [3.63, 3.8) is 0 Å². The summed E-state index contributed by atoms with van der Waals surface area (Å²) in [6.07, 6.45) is 2.80. The number of carbonyl (C=O) groups is 1. The first kappa shape index (κ1) is 21.1. The number of ether oxygens (including phenoxy) is 2. The zero-order valence-electron chi connectivity index (χ0n) is 17.9. The molecule has 0 N–H and O–H groups in total. The Balaban J connectivity index is 1.50. The lowest BCUT2D eigenvalue weighted by Gasteiger charge is -2.23. The summed E-state index contributed by atoms with van der Waals surface area (Å²) in [6, 6.07) is 21.4. The topological polar surface area (TPSA) is 51.7 Å². The standard InChI is InChI=1S/C26H28N2O3/c1-20-8-10-23(11-9-20)26(29)28(17-24-6-2-3-13-27-24)16-21-5-4-7-25(15-21)31-19-22-12-14-30-18-22/h2-11,13,15,22H,12,14,16-19H2,1H3. The molecule has 0 spiro atoms. The molecule has 1 saturated heterocycles. The van der Waals surface area contributed by atoms with Crippen LogP contribution in [0.15, 0.2) is 72.9 Å². The van der Waals surface area contributed by atoms with Gasteiger partial charge in [0.15, 0.2) is 0 Å². The minimum atomic E-state index is -0.0138. The number of aromatic nitrogens is 1. The number of pyridine rings is 1. The summed E-state index contributed by atoms with van der Waals surface area (Å²) < 4.78 is 11.4. The van der Waals surface area contributed by atoms with Crippen LogP contribution in [0.5, 0.6) is 5.75 Å². The van der Waals surface area contributed by atoms with Crippen LogP contribution in [-0.2, 0) is 17.8 Å². The van der Waals surface area contributed by atoms with Crippen molar-refractivity contribution < 1.29 is 14.3 Å². The van der Waals surface area contributed by atoms with Crippen LogP contribution >= 0.6 is 0 Å². The van der Waals surface area contributed by atoms with Crippen molar-refractivity contribution in [2.45, 2.75) is 26.4 Å². The summed E-state index contributed by atoms with van der Waals surface area (Å²) >= 11 is 0. The van der Waals surface area contributed by atoms with E-state index in [-0.39, 0.29) is 5.91 Å². The maximum Gasteiger partial charge on any atom is 0.254 e. The number of rotatable bonds is 8. The zero-order valence-corrected chi connectivity index (χ0v) is 17.9. The van der Waals surface area contributed by atoms with Gasteiger partial charge in [-0.1, -0.05) is 35.9 Å². The smallest absolute Gasteiger partial charge is 0.254 e. The number of hydrogen-bond donors (Lipinski definition) is 0. The molecule has 0 radical (unpaired) electrons. The highest BCUT2D eigenvalue weighted by atomic mass is 16.5. The van der Waals surface area contributed by atoms with Crippen LogP contribution in [-0.4, -0.2) is 35.6 Å². The summed E-state index contributed by atoms with van der Waals surface area (Å²) in [7, 11) is 0. The predicted octanol–water partition coefficient (Wildman–Crippen LogP) is 4.65. The average Bonchev–Trinajstić information content (AvgIpc) is 3.32. The molecule has 1 amide bonds. The molecule has 1 aliphatic heterocycles. The molecule has 3 aromatic rings. The fraction of sp³-hybridized carbons (Fsp3) is 0.308. The highest BCUT2D eigenvalue weighted by Gasteiger charge is 2.19. The van der Waals surface area contributed by atoms with Crippen molar-refractivity contribution in [2.75, 3.05) is 19.8 Å². The first-order valence-electron chi connectivity index (χ1n) is 10.7. The molecule has 4 rings (SSSR count). The third-order valence-electron chi connectivity index (χ3n) is 5.45. The third kappa shape index (κ3) is 5.92. The van der Waals surface area contributed by atoms with Crippen molar-refractivity contribution in [2.24, 2.45) is 5.92 Å². The minimum absolute atomic E-state index is 0.0138. The molecular weight excluding hydrogens is 388 g/mol. The van der Waals surface area contributed by atoms with Gasteiger partial charge < -0.3 is 14.4 Å². The first-order valence-corrected chi connectivity index (χ1v) is 10.7. The average molecular weight is 417 g/mol. The summed E-state index contributed by atoms with van der Waals surface area (Å²) in [5, 5.41) is 0. The highest BCUT2D eigenvalue weighted by Crippen LogP contribution is 2.20. The lowest BCUT2D eigenvalue weighted by molar-refractivity contribution is 0.0727. The molecule has 0 aliphatic carbocycles. The maximum absolute atomic E-state index is 13.3. The van der Waals surface area contributed by atoms with E-state index in [2.05, 4.69) is 4.98 Å². The van der Waals surface area contributed by atoms with Gasteiger partial charge in [0, 0.05) is 30.8 Å². The molecule has 1 aromatic heterocycles. The fourth-order valence-electron chi connectivity index (χ4n) is 3.65. The Bertz CT molecular complexity index is 983. The molecular formula is C26H28N2O3. The van der Waals surface area contributed by atoms with E-state index >= 15 is 0 Å². The van der Waals surface area contributed by atoms with Gasteiger partial charge in [-0.25, -0.2) is 0 Å². The lowest BCUT2D eigenvalue weighted by atomic mass is 10.1. The molecule has 2 aromatic carbocycles. The van der Waals surface area contributed by atoms with Crippen LogP contribution in [0.3, 0.4) is 0 Å². The molecule has 1 fully saturated rings. The Morgan fingerprint density at radius 2 is 1.97 bits per heavy atom. The molecule has 0 saturated carbocycles. The van der Waals surface area contributed by atoms with Gasteiger partial charge >= 0.3 is 0 Å². The Hall–Kier alpha value is -3.18. The summed E-state index contributed by atoms with van der Waals surface area (Å²) in [5.41, 5.74) is 3.69. The number of benzene rings is 2. The van der Waals surface area contributed by atoms with E-state index < -0.39 is 0 Å². The molecule has 5 nitrogen and oxygen atoms in total. The van der Waals surface area contributed by atoms with Crippen molar-refractivity contribution in [1.82, 2.24) is 9.88 Å². The van der Waals surface area contributed by atoms with Gasteiger partial charge in [-0.15, -0.1) is 0 Å². The van der Waals surface area contributed by atoms with Crippen molar-refractivity contribution >= 4 is 5.91 Å². The van der Waals surface area contributed by atoms with Crippen molar-refractivity contribution in [3.8, 4) is 5.75 Å². The van der Waals surface area contributed by atoms with E-state index in [9.17, 15) is 4.79 Å². The second-order valence-corrected chi connectivity index (χ2v) is 8.04. The van der Waals surface area contributed by atoms with E-state index in [1.165, 1.54) is 0 Å². The van der Waals surface area contributed by atoms with Gasteiger partial charge in [-0.3, -0.25) is 9.78 Å². The summed E-state index contributed by atoms with van der Waals surface area (Å²) in [5.74, 6) is 1.26. The van der Waals surface area contributed by atoms with Gasteiger partial charge in [0.25, 0.3) is 5.91 Å². The number of aryl methyl sites for hydroxylation is 1. The molecule has 160 valence electrons. The van der Waals surface area contributed by atoms with E-state index in [1.807, 2.05) is 78.6 Å². The van der Waals surface area contributed by atoms with E-state index in [0.29, 0.717) is 31.2 Å². The largest absolute Gasteiger partial charge is 0.493 e. The second kappa shape index (κ2) is 10.2. The predicted molar refractivity (Wildman–Crippen MR) is 120 cm³/mol. The van der Waals surface area contributed by atoms with Crippen LogP contribution in [0, 0.1) is 12.8 Å². The Labute approximate surface area is 183 Å². The number of amides is 1. The highest BCUT2D eigenvalue weighted by molar-refractivity contribution is 5.94. The monoisotopic (exact) mass is 416 g/mol. The van der Waals surface area contributed by atoms with Crippen LogP contribution in [0.1, 0.15) is 33.6 Å². The van der Waals surface area contributed by atoms with Gasteiger partial charge in [-0.2, -0.15) is 0 Å². The summed E-state index contributed by atoms with van der Waals surface area (Å²) in [6.45, 7) is 5.18. The van der Waals surface area contributed by atoms with E-state index in [0.717, 1.165) is 42.2 Å². The molecule has 1 unspecified atom stereocenters. The van der Waals surface area contributed by atoms with Gasteiger partial charge in [0.05, 0.1) is 25.5 Å². The van der Waals surface area contributed by atoms with Crippen LogP contribution in [0.4, 0.5) is 0 Å². The Morgan fingerprint density at radius 3 is 2.71 bits per heavy atom. The Kier molecular flexibility index (Phi) is 6.95. The first-order chi connectivity index (χ1) is 15.2. The van der Waals surface area contributed by atoms with E-state index in [1.54, 1.807) is 6.20 Å². The fourth-order valence-corrected chi connectivity index (χ4v) is 3.65. The number of carbonyl (C=O) groups excluding carboxylic acids is 1. The second-order valence-electron chi connectivity index (χ2n) is 8.04. The van der Waals surface area contributed by atoms with Gasteiger partial charge in [0.2, 0.25) is 0 Å². The van der Waals surface area contributed by atoms with Crippen LogP contribution in [0.25, 0.3) is 0 Å². The van der Waals surface area contributed by atoms with Crippen molar-refractivity contribution in [3.05, 3.63) is 95.3 Å².